The van der Waals surface area contributed by atoms with Gasteiger partial charge in [-0.05, 0) is 43.2 Å². The zero-order chi connectivity index (χ0) is 18.8. The van der Waals surface area contributed by atoms with Crippen molar-refractivity contribution in [1.82, 2.24) is 5.32 Å². The minimum atomic E-state index is 0.673. The minimum Gasteiger partial charge on any atom is -0.497 e. The van der Waals surface area contributed by atoms with Crippen molar-refractivity contribution in [1.29, 1.82) is 0 Å². The van der Waals surface area contributed by atoms with Crippen molar-refractivity contribution < 1.29 is 14.2 Å². The van der Waals surface area contributed by atoms with Crippen LogP contribution < -0.4 is 24.8 Å². The molecule has 140 valence electrons. The Morgan fingerprint density at radius 3 is 2.27 bits per heavy atom. The van der Waals surface area contributed by atoms with Crippen LogP contribution in [-0.2, 0) is 6.42 Å². The largest absolute Gasteiger partial charge is 0.497 e. The Bertz CT molecular complexity index is 715. The lowest BCUT2D eigenvalue weighted by Gasteiger charge is -2.14. The summed E-state index contributed by atoms with van der Waals surface area (Å²) in [6, 6.07) is 13.7. The van der Waals surface area contributed by atoms with Gasteiger partial charge in [-0.25, -0.2) is 0 Å². The molecule has 26 heavy (non-hydrogen) atoms. The summed E-state index contributed by atoms with van der Waals surface area (Å²) >= 11 is 0. The van der Waals surface area contributed by atoms with Gasteiger partial charge in [0, 0.05) is 24.8 Å². The van der Waals surface area contributed by atoms with Gasteiger partial charge in [0.15, 0.2) is 17.5 Å². The summed E-state index contributed by atoms with van der Waals surface area (Å²) < 4.78 is 15.8. The van der Waals surface area contributed by atoms with Crippen molar-refractivity contribution in [2.75, 3.05) is 39.7 Å². The van der Waals surface area contributed by atoms with E-state index in [1.54, 1.807) is 21.3 Å². The maximum absolute atomic E-state index is 5.34. The fourth-order valence-electron chi connectivity index (χ4n) is 2.45. The van der Waals surface area contributed by atoms with Crippen LogP contribution >= 0.6 is 0 Å². The molecule has 0 saturated carbocycles. The molecular formula is C20H27N3O3. The summed E-state index contributed by atoms with van der Waals surface area (Å²) in [6.07, 6.45) is 0.854. The molecular weight excluding hydrogens is 330 g/mol. The van der Waals surface area contributed by atoms with E-state index in [0.717, 1.165) is 30.4 Å². The van der Waals surface area contributed by atoms with Crippen LogP contribution in [0.5, 0.6) is 17.2 Å². The van der Waals surface area contributed by atoms with Gasteiger partial charge in [0.05, 0.1) is 21.3 Å². The maximum Gasteiger partial charge on any atom is 0.195 e. The molecule has 0 fully saturated rings. The van der Waals surface area contributed by atoms with Gasteiger partial charge in [-0.2, -0.15) is 0 Å². The average Bonchev–Trinajstić information content (AvgIpc) is 2.68. The zero-order valence-electron chi connectivity index (χ0n) is 15.8. The summed E-state index contributed by atoms with van der Waals surface area (Å²) in [6.45, 7) is 3.49. The van der Waals surface area contributed by atoms with Crippen LogP contribution in [0.25, 0.3) is 0 Å². The first-order chi connectivity index (χ1) is 12.7. The van der Waals surface area contributed by atoms with Crippen molar-refractivity contribution >= 4 is 11.6 Å². The number of hydrogen-bond donors (Lipinski definition) is 2. The van der Waals surface area contributed by atoms with E-state index in [0.29, 0.717) is 18.0 Å². The first kappa shape index (κ1) is 19.4. The molecule has 0 amide bonds. The minimum absolute atomic E-state index is 0.673. The highest BCUT2D eigenvalue weighted by Crippen LogP contribution is 2.29. The third-order valence-electron chi connectivity index (χ3n) is 3.82. The molecule has 2 aromatic rings. The molecule has 2 aromatic carbocycles. The molecule has 0 radical (unpaired) electrons. The van der Waals surface area contributed by atoms with E-state index in [2.05, 4.69) is 27.8 Å². The van der Waals surface area contributed by atoms with Crippen LogP contribution in [0.3, 0.4) is 0 Å². The van der Waals surface area contributed by atoms with Gasteiger partial charge < -0.3 is 24.8 Å². The summed E-state index contributed by atoms with van der Waals surface area (Å²) in [5.41, 5.74) is 2.10. The molecule has 0 bridgehead atoms. The Morgan fingerprint density at radius 2 is 1.65 bits per heavy atom. The quantitative estimate of drug-likeness (QED) is 0.560. The summed E-state index contributed by atoms with van der Waals surface area (Å²) in [5, 5.41) is 6.54. The van der Waals surface area contributed by atoms with Crippen molar-refractivity contribution in [3.05, 3.63) is 48.0 Å². The molecule has 0 saturated heterocycles. The van der Waals surface area contributed by atoms with Crippen LogP contribution in [0, 0.1) is 0 Å². The predicted molar refractivity (Wildman–Crippen MR) is 106 cm³/mol. The second-order valence-corrected chi connectivity index (χ2v) is 5.55. The van der Waals surface area contributed by atoms with Gasteiger partial charge in [-0.15, -0.1) is 0 Å². The molecule has 0 aliphatic heterocycles. The number of guanidine groups is 1. The number of benzene rings is 2. The summed E-state index contributed by atoms with van der Waals surface area (Å²) in [7, 11) is 4.91. The number of anilines is 1. The first-order valence-electron chi connectivity index (χ1n) is 8.60. The van der Waals surface area contributed by atoms with E-state index in [1.807, 2.05) is 37.3 Å². The Morgan fingerprint density at radius 1 is 0.923 bits per heavy atom. The third-order valence-corrected chi connectivity index (χ3v) is 3.82. The monoisotopic (exact) mass is 357 g/mol. The topological polar surface area (TPSA) is 64.1 Å². The van der Waals surface area contributed by atoms with E-state index in [1.165, 1.54) is 5.56 Å². The third kappa shape index (κ3) is 5.58. The van der Waals surface area contributed by atoms with Gasteiger partial charge in [0.25, 0.3) is 0 Å². The van der Waals surface area contributed by atoms with Gasteiger partial charge >= 0.3 is 0 Å². The lowest BCUT2D eigenvalue weighted by atomic mass is 10.1. The molecule has 2 N–H and O–H groups in total. The van der Waals surface area contributed by atoms with E-state index >= 15 is 0 Å². The molecule has 6 heteroatoms. The highest BCUT2D eigenvalue weighted by molar-refractivity contribution is 5.93. The van der Waals surface area contributed by atoms with E-state index in [9.17, 15) is 0 Å². The number of methoxy groups -OCH3 is 3. The van der Waals surface area contributed by atoms with Crippen molar-refractivity contribution in [2.24, 2.45) is 4.99 Å². The van der Waals surface area contributed by atoms with Crippen LogP contribution in [0.15, 0.2) is 47.5 Å². The zero-order valence-corrected chi connectivity index (χ0v) is 15.8. The van der Waals surface area contributed by atoms with Crippen LogP contribution in [0.4, 0.5) is 5.69 Å². The first-order valence-corrected chi connectivity index (χ1v) is 8.60. The number of aliphatic imine (C=N–C) groups is 1. The van der Waals surface area contributed by atoms with Gasteiger partial charge in [-0.1, -0.05) is 12.1 Å². The van der Waals surface area contributed by atoms with Gasteiger partial charge in [0.2, 0.25) is 0 Å². The highest BCUT2D eigenvalue weighted by Gasteiger charge is 2.06. The predicted octanol–water partition coefficient (Wildman–Crippen LogP) is 3.33. The highest BCUT2D eigenvalue weighted by atomic mass is 16.5. The number of nitrogens with zero attached hydrogens (tertiary/aromatic N) is 1. The van der Waals surface area contributed by atoms with Gasteiger partial charge in [0.1, 0.15) is 5.75 Å². The normalized spacial score (nSPS) is 11.0. The Balaban J connectivity index is 2.01. The second-order valence-electron chi connectivity index (χ2n) is 5.55. The van der Waals surface area contributed by atoms with Gasteiger partial charge in [-0.3, -0.25) is 4.99 Å². The van der Waals surface area contributed by atoms with Crippen molar-refractivity contribution in [2.45, 2.75) is 13.3 Å². The van der Waals surface area contributed by atoms with E-state index in [4.69, 9.17) is 14.2 Å². The van der Waals surface area contributed by atoms with Crippen LogP contribution in [-0.4, -0.2) is 40.4 Å². The number of rotatable bonds is 8. The number of hydrogen-bond acceptors (Lipinski definition) is 4. The SMILES string of the molecule is CCNC(=NCCc1ccc(OC)cc1)Nc1ccc(OC)c(OC)c1. The average molecular weight is 357 g/mol. The Kier molecular flexibility index (Phi) is 7.61. The molecule has 0 aliphatic rings. The van der Waals surface area contributed by atoms with E-state index in [-0.39, 0.29) is 0 Å². The molecule has 0 unspecified atom stereocenters. The summed E-state index contributed by atoms with van der Waals surface area (Å²) in [5.74, 6) is 2.96. The molecule has 0 aromatic heterocycles. The smallest absolute Gasteiger partial charge is 0.195 e. The molecule has 0 heterocycles. The summed E-state index contributed by atoms with van der Waals surface area (Å²) in [4.78, 5) is 4.64. The lowest BCUT2D eigenvalue weighted by Crippen LogP contribution is -2.30. The van der Waals surface area contributed by atoms with Crippen molar-refractivity contribution in [3.63, 3.8) is 0 Å². The molecule has 0 spiro atoms. The Labute approximate surface area is 155 Å². The number of ether oxygens (including phenoxy) is 3. The number of nitrogens with one attached hydrogen (secondary N) is 2. The van der Waals surface area contributed by atoms with Crippen molar-refractivity contribution in [3.8, 4) is 17.2 Å². The second kappa shape index (κ2) is 10.2. The van der Waals surface area contributed by atoms with E-state index < -0.39 is 0 Å². The molecule has 0 atom stereocenters. The fraction of sp³-hybridized carbons (Fsp3) is 0.350. The molecule has 0 aliphatic carbocycles. The van der Waals surface area contributed by atoms with Crippen LogP contribution in [0.2, 0.25) is 0 Å². The Hall–Kier alpha value is -2.89. The maximum atomic E-state index is 5.34. The standard InChI is InChI=1S/C20H27N3O3/c1-5-21-20(22-13-12-15-6-9-17(24-2)10-7-15)23-16-8-11-18(25-3)19(14-16)26-4/h6-11,14H,5,12-13H2,1-4H3,(H2,21,22,23). The lowest BCUT2D eigenvalue weighted by molar-refractivity contribution is 0.355. The van der Waals surface area contributed by atoms with Crippen LogP contribution in [0.1, 0.15) is 12.5 Å². The fourth-order valence-corrected chi connectivity index (χ4v) is 2.45. The molecule has 2 rings (SSSR count). The molecule has 6 nitrogen and oxygen atoms in total.